The van der Waals surface area contributed by atoms with Crippen LogP contribution in [-0.4, -0.2) is 12.2 Å². The van der Waals surface area contributed by atoms with E-state index in [-0.39, 0.29) is 24.8 Å². The SMILES string of the molecule is CC(N)C1CC(C(F)(F)F)C1. The molecule has 0 aromatic rings. The second-order valence-corrected chi connectivity index (χ2v) is 3.33. The van der Waals surface area contributed by atoms with E-state index in [0.29, 0.717) is 0 Å². The van der Waals surface area contributed by atoms with Gasteiger partial charge in [-0.15, -0.1) is 0 Å². The monoisotopic (exact) mass is 167 g/mol. The molecule has 66 valence electrons. The number of hydrogen-bond donors (Lipinski definition) is 1. The Morgan fingerprint density at radius 2 is 1.82 bits per heavy atom. The number of hydrogen-bond acceptors (Lipinski definition) is 1. The van der Waals surface area contributed by atoms with Crippen LogP contribution in [0.15, 0.2) is 0 Å². The summed E-state index contributed by atoms with van der Waals surface area (Å²) in [4.78, 5) is 0. The van der Waals surface area contributed by atoms with Crippen LogP contribution >= 0.6 is 0 Å². The van der Waals surface area contributed by atoms with Gasteiger partial charge in [-0.1, -0.05) is 0 Å². The zero-order chi connectivity index (χ0) is 8.65. The Morgan fingerprint density at radius 1 is 1.36 bits per heavy atom. The largest absolute Gasteiger partial charge is 0.391 e. The fourth-order valence-corrected chi connectivity index (χ4v) is 1.36. The molecular weight excluding hydrogens is 155 g/mol. The number of alkyl halides is 3. The topological polar surface area (TPSA) is 26.0 Å². The summed E-state index contributed by atoms with van der Waals surface area (Å²) < 4.78 is 35.7. The lowest BCUT2D eigenvalue weighted by molar-refractivity contribution is -0.205. The van der Waals surface area contributed by atoms with Crippen molar-refractivity contribution in [2.24, 2.45) is 17.6 Å². The molecule has 2 N–H and O–H groups in total. The molecule has 1 unspecified atom stereocenters. The third-order valence-corrected chi connectivity index (χ3v) is 2.38. The van der Waals surface area contributed by atoms with Crippen molar-refractivity contribution in [3.8, 4) is 0 Å². The summed E-state index contributed by atoms with van der Waals surface area (Å²) in [5, 5.41) is 0. The molecule has 0 heterocycles. The van der Waals surface area contributed by atoms with Crippen LogP contribution in [0.5, 0.6) is 0 Å². The minimum absolute atomic E-state index is 0.0848. The van der Waals surface area contributed by atoms with Gasteiger partial charge in [0.1, 0.15) is 0 Å². The summed E-state index contributed by atoms with van der Waals surface area (Å²) >= 11 is 0. The number of nitrogens with two attached hydrogens (primary N) is 1. The van der Waals surface area contributed by atoms with E-state index in [9.17, 15) is 13.2 Å². The quantitative estimate of drug-likeness (QED) is 0.634. The lowest BCUT2D eigenvalue weighted by Crippen LogP contribution is -2.43. The highest BCUT2D eigenvalue weighted by atomic mass is 19.4. The Morgan fingerprint density at radius 3 is 2.09 bits per heavy atom. The highest BCUT2D eigenvalue weighted by Gasteiger charge is 2.48. The summed E-state index contributed by atoms with van der Waals surface area (Å²) in [6.07, 6.45) is -3.55. The normalized spacial score (nSPS) is 34.6. The van der Waals surface area contributed by atoms with Gasteiger partial charge in [-0.3, -0.25) is 0 Å². The molecular formula is C7H12F3N. The Labute approximate surface area is 63.8 Å². The van der Waals surface area contributed by atoms with Gasteiger partial charge >= 0.3 is 6.18 Å². The molecule has 0 radical (unpaired) electrons. The molecule has 1 aliphatic carbocycles. The van der Waals surface area contributed by atoms with Gasteiger partial charge in [0.2, 0.25) is 0 Å². The third kappa shape index (κ3) is 1.86. The van der Waals surface area contributed by atoms with Crippen molar-refractivity contribution in [2.75, 3.05) is 0 Å². The molecule has 1 nitrogen and oxygen atoms in total. The van der Waals surface area contributed by atoms with E-state index >= 15 is 0 Å². The maximum Gasteiger partial charge on any atom is 0.391 e. The molecule has 11 heavy (non-hydrogen) atoms. The van der Waals surface area contributed by atoms with E-state index in [2.05, 4.69) is 0 Å². The molecule has 0 aromatic carbocycles. The van der Waals surface area contributed by atoms with E-state index in [4.69, 9.17) is 5.73 Å². The molecule has 1 rings (SSSR count). The molecule has 0 saturated heterocycles. The summed E-state index contributed by atoms with van der Waals surface area (Å²) in [7, 11) is 0. The van der Waals surface area contributed by atoms with Crippen LogP contribution in [0.25, 0.3) is 0 Å². The first-order chi connectivity index (χ1) is 4.91. The van der Waals surface area contributed by atoms with Gasteiger partial charge in [-0.2, -0.15) is 13.2 Å². The van der Waals surface area contributed by atoms with Crippen molar-refractivity contribution in [1.82, 2.24) is 0 Å². The number of rotatable bonds is 1. The Kier molecular flexibility index (Phi) is 2.14. The minimum Gasteiger partial charge on any atom is -0.328 e. The fraction of sp³-hybridized carbons (Fsp3) is 1.00. The van der Waals surface area contributed by atoms with Crippen molar-refractivity contribution in [3.05, 3.63) is 0 Å². The summed E-state index contributed by atoms with van der Waals surface area (Å²) in [6, 6.07) is -0.0893. The Balaban J connectivity index is 2.30. The highest BCUT2D eigenvalue weighted by molar-refractivity contribution is 4.88. The van der Waals surface area contributed by atoms with Crippen LogP contribution in [0.1, 0.15) is 19.8 Å². The van der Waals surface area contributed by atoms with Crippen LogP contribution in [0, 0.1) is 11.8 Å². The van der Waals surface area contributed by atoms with Gasteiger partial charge in [-0.05, 0) is 25.7 Å². The predicted octanol–water partition coefficient (Wildman–Crippen LogP) is 1.92. The molecule has 0 bridgehead atoms. The maximum atomic E-state index is 11.9. The third-order valence-electron chi connectivity index (χ3n) is 2.38. The highest BCUT2D eigenvalue weighted by Crippen LogP contribution is 2.45. The zero-order valence-corrected chi connectivity index (χ0v) is 6.36. The molecule has 4 heteroatoms. The molecule has 1 atom stereocenters. The number of halogens is 3. The zero-order valence-electron chi connectivity index (χ0n) is 6.36. The summed E-state index contributed by atoms with van der Waals surface area (Å²) in [6.45, 7) is 1.76. The Bertz CT molecular complexity index is 135. The lowest BCUT2D eigenvalue weighted by atomic mass is 9.71. The fourth-order valence-electron chi connectivity index (χ4n) is 1.36. The van der Waals surface area contributed by atoms with Crippen LogP contribution in [0.2, 0.25) is 0 Å². The molecule has 0 aromatic heterocycles. The lowest BCUT2D eigenvalue weighted by Gasteiger charge is -2.38. The van der Waals surface area contributed by atoms with Crippen molar-refractivity contribution in [2.45, 2.75) is 32.0 Å². The molecule has 1 fully saturated rings. The smallest absolute Gasteiger partial charge is 0.328 e. The summed E-state index contributed by atoms with van der Waals surface area (Å²) in [5.74, 6) is -1.000. The first-order valence-corrected chi connectivity index (χ1v) is 3.73. The van der Waals surface area contributed by atoms with E-state index in [1.165, 1.54) is 0 Å². The summed E-state index contributed by atoms with van der Waals surface area (Å²) in [5.41, 5.74) is 5.44. The van der Waals surface area contributed by atoms with Crippen LogP contribution in [0.4, 0.5) is 13.2 Å². The molecule has 1 saturated carbocycles. The second-order valence-electron chi connectivity index (χ2n) is 3.33. The molecule has 0 aliphatic heterocycles. The van der Waals surface area contributed by atoms with Crippen molar-refractivity contribution in [1.29, 1.82) is 0 Å². The van der Waals surface area contributed by atoms with Gasteiger partial charge in [-0.25, -0.2) is 0 Å². The van der Waals surface area contributed by atoms with Crippen LogP contribution < -0.4 is 5.73 Å². The van der Waals surface area contributed by atoms with Gasteiger partial charge in [0.15, 0.2) is 0 Å². The van der Waals surface area contributed by atoms with Crippen molar-refractivity contribution in [3.63, 3.8) is 0 Å². The minimum atomic E-state index is -3.99. The average Bonchev–Trinajstić information content (AvgIpc) is 1.51. The first kappa shape index (κ1) is 8.84. The van der Waals surface area contributed by atoms with Gasteiger partial charge in [0.25, 0.3) is 0 Å². The van der Waals surface area contributed by atoms with Gasteiger partial charge in [0.05, 0.1) is 5.92 Å². The second kappa shape index (κ2) is 2.66. The van der Waals surface area contributed by atoms with E-state index in [1.807, 2.05) is 0 Å². The van der Waals surface area contributed by atoms with Gasteiger partial charge < -0.3 is 5.73 Å². The maximum absolute atomic E-state index is 11.9. The molecule has 0 amide bonds. The van der Waals surface area contributed by atoms with E-state index < -0.39 is 12.1 Å². The van der Waals surface area contributed by atoms with Crippen molar-refractivity contribution < 1.29 is 13.2 Å². The Hall–Kier alpha value is -0.250. The van der Waals surface area contributed by atoms with Crippen LogP contribution in [0.3, 0.4) is 0 Å². The predicted molar refractivity (Wildman–Crippen MR) is 35.9 cm³/mol. The first-order valence-electron chi connectivity index (χ1n) is 3.73. The molecule has 0 spiro atoms. The van der Waals surface area contributed by atoms with Gasteiger partial charge in [0, 0.05) is 6.04 Å². The van der Waals surface area contributed by atoms with E-state index in [0.717, 1.165) is 0 Å². The molecule has 1 aliphatic rings. The standard InChI is InChI=1S/C7H12F3N/c1-4(11)5-2-6(3-5)7(8,9)10/h4-6H,2-3,11H2,1H3. The van der Waals surface area contributed by atoms with E-state index in [1.54, 1.807) is 6.92 Å². The van der Waals surface area contributed by atoms with Crippen LogP contribution in [-0.2, 0) is 0 Å². The average molecular weight is 167 g/mol. The van der Waals surface area contributed by atoms with Crippen molar-refractivity contribution >= 4 is 0 Å².